The van der Waals surface area contributed by atoms with E-state index in [0.717, 1.165) is 25.9 Å². The van der Waals surface area contributed by atoms with Crippen LogP contribution in [0.1, 0.15) is 36.0 Å². The van der Waals surface area contributed by atoms with Gasteiger partial charge in [-0.3, -0.25) is 4.79 Å². The molecule has 3 heterocycles. The predicted octanol–water partition coefficient (Wildman–Crippen LogP) is 1.98. The molecule has 0 radical (unpaired) electrons. The summed E-state index contributed by atoms with van der Waals surface area (Å²) in [6.45, 7) is 2.05. The molecule has 0 N–H and O–H groups in total. The van der Waals surface area contributed by atoms with E-state index in [1.807, 2.05) is 0 Å². The fourth-order valence-electron chi connectivity index (χ4n) is 3.42. The van der Waals surface area contributed by atoms with Crippen molar-refractivity contribution in [3.05, 3.63) is 24.2 Å². The second kappa shape index (κ2) is 4.76. The van der Waals surface area contributed by atoms with Gasteiger partial charge < -0.3 is 14.2 Å². The summed E-state index contributed by atoms with van der Waals surface area (Å²) in [4.78, 5) is 16.9. The Labute approximate surface area is 108 Å². The molecule has 98 valence electrons. The van der Waals surface area contributed by atoms with Gasteiger partial charge in [0.15, 0.2) is 0 Å². The van der Waals surface area contributed by atoms with E-state index in [4.69, 9.17) is 4.42 Å². The minimum Gasteiger partial charge on any atom is -0.472 e. The van der Waals surface area contributed by atoms with Gasteiger partial charge in [-0.15, -0.1) is 0 Å². The van der Waals surface area contributed by atoms with Crippen LogP contribution in [0.3, 0.4) is 0 Å². The average molecular weight is 248 g/mol. The molecule has 2 saturated heterocycles. The van der Waals surface area contributed by atoms with E-state index in [1.54, 1.807) is 18.6 Å². The molecule has 0 saturated carbocycles. The highest BCUT2D eigenvalue weighted by Gasteiger charge is 2.38. The van der Waals surface area contributed by atoms with Crippen LogP contribution in [0.15, 0.2) is 23.0 Å². The molecule has 1 aromatic heterocycles. The van der Waals surface area contributed by atoms with Crippen molar-refractivity contribution in [1.82, 2.24) is 9.80 Å². The van der Waals surface area contributed by atoms with Gasteiger partial charge in [0.2, 0.25) is 0 Å². The smallest absolute Gasteiger partial charge is 0.257 e. The summed E-state index contributed by atoms with van der Waals surface area (Å²) in [7, 11) is 2.18. The number of likely N-dealkylation sites (tertiary alicyclic amines) is 2. The molecule has 3 rings (SSSR count). The zero-order valence-corrected chi connectivity index (χ0v) is 10.8. The summed E-state index contributed by atoms with van der Waals surface area (Å²) in [6.07, 6.45) is 7.86. The van der Waals surface area contributed by atoms with E-state index < -0.39 is 0 Å². The fourth-order valence-corrected chi connectivity index (χ4v) is 3.42. The molecule has 2 fully saturated rings. The largest absolute Gasteiger partial charge is 0.472 e. The molecule has 0 spiro atoms. The molecular formula is C14H20N2O2. The van der Waals surface area contributed by atoms with Crippen molar-refractivity contribution >= 4 is 5.91 Å². The molecule has 2 aliphatic rings. The normalized spacial score (nSPS) is 29.1. The molecular weight excluding hydrogens is 228 g/mol. The molecule has 1 aromatic rings. The highest BCUT2D eigenvalue weighted by atomic mass is 16.3. The van der Waals surface area contributed by atoms with Crippen molar-refractivity contribution in [3.8, 4) is 0 Å². The van der Waals surface area contributed by atoms with Crippen LogP contribution in [0.4, 0.5) is 0 Å². The number of carbonyl (C=O) groups excluding carboxylic acids is 1. The Kier molecular flexibility index (Phi) is 3.12. The van der Waals surface area contributed by atoms with E-state index in [0.29, 0.717) is 17.6 Å². The Balaban J connectivity index is 1.77. The summed E-state index contributed by atoms with van der Waals surface area (Å²) in [5.74, 6) is 0.131. The van der Waals surface area contributed by atoms with Crippen molar-refractivity contribution in [1.29, 1.82) is 0 Å². The van der Waals surface area contributed by atoms with Crippen molar-refractivity contribution in [3.63, 3.8) is 0 Å². The maximum absolute atomic E-state index is 12.4. The first-order valence-corrected chi connectivity index (χ1v) is 6.81. The van der Waals surface area contributed by atoms with E-state index in [2.05, 4.69) is 16.8 Å². The molecule has 4 nitrogen and oxygen atoms in total. The second-order valence-corrected chi connectivity index (χ2v) is 5.41. The Morgan fingerprint density at radius 1 is 1.28 bits per heavy atom. The van der Waals surface area contributed by atoms with E-state index in [9.17, 15) is 4.79 Å². The van der Waals surface area contributed by atoms with Crippen LogP contribution >= 0.6 is 0 Å². The molecule has 0 aliphatic carbocycles. The predicted molar refractivity (Wildman–Crippen MR) is 68.4 cm³/mol. The van der Waals surface area contributed by atoms with Crippen LogP contribution in [0.5, 0.6) is 0 Å². The number of amides is 1. The molecule has 0 aromatic carbocycles. The third kappa shape index (κ3) is 1.94. The highest BCUT2D eigenvalue weighted by molar-refractivity contribution is 5.94. The van der Waals surface area contributed by atoms with Gasteiger partial charge in [-0.25, -0.2) is 0 Å². The van der Waals surface area contributed by atoms with Gasteiger partial charge in [0, 0.05) is 18.6 Å². The summed E-state index contributed by atoms with van der Waals surface area (Å²) in [6, 6.07) is 2.69. The summed E-state index contributed by atoms with van der Waals surface area (Å²) in [5.41, 5.74) is 0.683. The van der Waals surface area contributed by atoms with Gasteiger partial charge in [0.25, 0.3) is 5.91 Å². The standard InChI is InChI=1S/C14H20N2O2/c1-15-7-2-4-12(15)13-5-3-8-16(13)14(17)11-6-9-18-10-11/h6,9-10,12-13H,2-5,7-8H2,1H3/t12-,13-/m0/s1. The first-order valence-electron chi connectivity index (χ1n) is 6.81. The third-order valence-electron chi connectivity index (χ3n) is 4.35. The van der Waals surface area contributed by atoms with Crippen LogP contribution in [0, 0.1) is 0 Å². The van der Waals surface area contributed by atoms with Crippen molar-refractivity contribution in [2.24, 2.45) is 0 Å². The summed E-state index contributed by atoms with van der Waals surface area (Å²) >= 11 is 0. The monoisotopic (exact) mass is 248 g/mol. The number of carbonyl (C=O) groups is 1. The second-order valence-electron chi connectivity index (χ2n) is 5.41. The first-order chi connectivity index (χ1) is 8.77. The van der Waals surface area contributed by atoms with Crippen LogP contribution < -0.4 is 0 Å². The molecule has 4 heteroatoms. The highest BCUT2D eigenvalue weighted by Crippen LogP contribution is 2.30. The van der Waals surface area contributed by atoms with Crippen molar-refractivity contribution in [2.75, 3.05) is 20.1 Å². The van der Waals surface area contributed by atoms with Gasteiger partial charge in [-0.1, -0.05) is 0 Å². The minimum absolute atomic E-state index is 0.131. The maximum atomic E-state index is 12.4. The van der Waals surface area contributed by atoms with Crippen molar-refractivity contribution < 1.29 is 9.21 Å². The Morgan fingerprint density at radius 3 is 2.72 bits per heavy atom. The topological polar surface area (TPSA) is 36.7 Å². The van der Waals surface area contributed by atoms with Gasteiger partial charge in [-0.05, 0) is 45.3 Å². The lowest BCUT2D eigenvalue weighted by Crippen LogP contribution is -2.47. The zero-order chi connectivity index (χ0) is 12.5. The molecule has 0 bridgehead atoms. The van der Waals surface area contributed by atoms with E-state index >= 15 is 0 Å². The molecule has 18 heavy (non-hydrogen) atoms. The van der Waals surface area contributed by atoms with Gasteiger partial charge in [-0.2, -0.15) is 0 Å². The molecule has 2 aliphatic heterocycles. The lowest BCUT2D eigenvalue weighted by molar-refractivity contribution is 0.0664. The quantitative estimate of drug-likeness (QED) is 0.803. The minimum atomic E-state index is 0.131. The number of nitrogens with zero attached hydrogens (tertiary/aromatic N) is 2. The summed E-state index contributed by atoms with van der Waals surface area (Å²) in [5, 5.41) is 0. The van der Waals surface area contributed by atoms with Crippen LogP contribution in [-0.2, 0) is 0 Å². The van der Waals surface area contributed by atoms with Gasteiger partial charge in [0.1, 0.15) is 6.26 Å². The zero-order valence-electron chi connectivity index (χ0n) is 10.8. The van der Waals surface area contributed by atoms with Crippen molar-refractivity contribution in [2.45, 2.75) is 37.8 Å². The van der Waals surface area contributed by atoms with E-state index in [-0.39, 0.29) is 5.91 Å². The fraction of sp³-hybridized carbons (Fsp3) is 0.643. The van der Waals surface area contributed by atoms with Crippen LogP contribution in [0.25, 0.3) is 0 Å². The van der Waals surface area contributed by atoms with Crippen LogP contribution in [0.2, 0.25) is 0 Å². The number of rotatable bonds is 2. The SMILES string of the molecule is CN1CCC[C@H]1[C@@H]1CCCN1C(=O)c1ccoc1. The molecule has 0 unspecified atom stereocenters. The summed E-state index contributed by atoms with van der Waals surface area (Å²) < 4.78 is 5.02. The number of hydrogen-bond donors (Lipinski definition) is 0. The maximum Gasteiger partial charge on any atom is 0.257 e. The van der Waals surface area contributed by atoms with Gasteiger partial charge in [0.05, 0.1) is 11.8 Å². The lowest BCUT2D eigenvalue weighted by atomic mass is 10.0. The first kappa shape index (κ1) is 11.8. The molecule has 1 amide bonds. The average Bonchev–Trinajstić information content (AvgIpc) is 3.09. The molecule has 2 atom stereocenters. The number of hydrogen-bond acceptors (Lipinski definition) is 3. The van der Waals surface area contributed by atoms with Crippen LogP contribution in [-0.4, -0.2) is 47.9 Å². The number of furan rings is 1. The Hall–Kier alpha value is -1.29. The Morgan fingerprint density at radius 2 is 2.06 bits per heavy atom. The number of likely N-dealkylation sites (N-methyl/N-ethyl adjacent to an activating group) is 1. The third-order valence-corrected chi connectivity index (χ3v) is 4.35. The van der Waals surface area contributed by atoms with Gasteiger partial charge >= 0.3 is 0 Å². The lowest BCUT2D eigenvalue weighted by Gasteiger charge is -2.33. The van der Waals surface area contributed by atoms with E-state index in [1.165, 1.54) is 12.8 Å². The Bertz CT molecular complexity index is 415.